The second-order valence-corrected chi connectivity index (χ2v) is 12.6. The fourth-order valence-corrected chi connectivity index (χ4v) is 5.40. The number of carboxylic acid groups (broad SMARTS) is 1. The number of carbonyl (C=O) groups is 1. The first-order valence-corrected chi connectivity index (χ1v) is 15.4. The quantitative estimate of drug-likeness (QED) is 0.175. The van der Waals surface area contributed by atoms with Crippen LogP contribution in [0, 0.1) is 5.41 Å². The van der Waals surface area contributed by atoms with E-state index in [0.717, 1.165) is 42.5 Å². The number of alkyl halides is 3. The van der Waals surface area contributed by atoms with Gasteiger partial charge in [0.25, 0.3) is 5.89 Å². The Bertz CT molecular complexity index is 1280. The van der Waals surface area contributed by atoms with Crippen LogP contribution in [0.15, 0.2) is 53.1 Å². The van der Waals surface area contributed by atoms with Gasteiger partial charge in [-0.25, -0.2) is 4.79 Å². The summed E-state index contributed by atoms with van der Waals surface area (Å²) in [4.78, 5) is 18.4. The van der Waals surface area contributed by atoms with Crippen LogP contribution in [0.5, 0.6) is 0 Å². The van der Waals surface area contributed by atoms with Gasteiger partial charge >= 0.3 is 12.3 Å². The smallest absolute Gasteiger partial charge is 0.416 e. The minimum Gasteiger partial charge on any atom is -0.465 e. The van der Waals surface area contributed by atoms with Crippen LogP contribution in [0.25, 0.3) is 11.5 Å². The minimum absolute atomic E-state index is 0.0398. The molecule has 0 aliphatic carbocycles. The van der Waals surface area contributed by atoms with E-state index in [0.29, 0.717) is 17.3 Å². The molecule has 0 fully saturated rings. The summed E-state index contributed by atoms with van der Waals surface area (Å²) in [6.45, 7) is 9.67. The number of aryl methyl sites for hydroxylation is 1. The minimum atomic E-state index is -4.47. The normalized spacial score (nSPS) is 13.6. The average molecular weight is 602 g/mol. The van der Waals surface area contributed by atoms with Gasteiger partial charge in [-0.05, 0) is 54.2 Å². The van der Waals surface area contributed by atoms with E-state index in [1.807, 2.05) is 45.0 Å². The third-order valence-corrected chi connectivity index (χ3v) is 8.52. The lowest BCUT2D eigenvalue weighted by Crippen LogP contribution is -2.54. The molecule has 0 aliphatic heterocycles. The Morgan fingerprint density at radius 2 is 1.35 bits per heavy atom. The third-order valence-electron chi connectivity index (χ3n) is 8.52. The van der Waals surface area contributed by atoms with Crippen molar-refractivity contribution in [3.05, 3.63) is 71.0 Å². The Balaban J connectivity index is 1.66. The molecule has 0 saturated heterocycles. The van der Waals surface area contributed by atoms with E-state index in [4.69, 9.17) is 4.52 Å². The summed E-state index contributed by atoms with van der Waals surface area (Å²) in [7, 11) is 0. The zero-order valence-electron chi connectivity index (χ0n) is 26.1. The fourth-order valence-electron chi connectivity index (χ4n) is 5.40. The maximum absolute atomic E-state index is 13.2. The van der Waals surface area contributed by atoms with Crippen molar-refractivity contribution in [1.29, 1.82) is 0 Å². The highest BCUT2D eigenvalue weighted by molar-refractivity contribution is 5.67. The van der Waals surface area contributed by atoms with Crippen LogP contribution < -0.4 is 0 Å². The van der Waals surface area contributed by atoms with Crippen LogP contribution in [-0.2, 0) is 24.7 Å². The summed E-state index contributed by atoms with van der Waals surface area (Å²) >= 11 is 0. The highest BCUT2D eigenvalue weighted by Crippen LogP contribution is 2.45. The highest BCUT2D eigenvalue weighted by Gasteiger charge is 2.47. The Morgan fingerprint density at radius 1 is 0.814 bits per heavy atom. The van der Waals surface area contributed by atoms with Crippen molar-refractivity contribution in [3.8, 4) is 11.5 Å². The molecule has 1 amide bonds. The molecule has 9 heteroatoms. The second-order valence-electron chi connectivity index (χ2n) is 12.6. The molecule has 1 atom stereocenters. The summed E-state index contributed by atoms with van der Waals surface area (Å²) < 4.78 is 45.1. The number of rotatable bonds is 15. The largest absolute Gasteiger partial charge is 0.465 e. The predicted octanol–water partition coefficient (Wildman–Crippen LogP) is 10.3. The van der Waals surface area contributed by atoms with Crippen molar-refractivity contribution in [1.82, 2.24) is 15.0 Å². The molecule has 0 aliphatic rings. The Kier molecular flexibility index (Phi) is 11.8. The van der Waals surface area contributed by atoms with Gasteiger partial charge in [-0.15, -0.1) is 0 Å². The van der Waals surface area contributed by atoms with E-state index in [-0.39, 0.29) is 6.54 Å². The molecule has 0 radical (unpaired) electrons. The van der Waals surface area contributed by atoms with Gasteiger partial charge in [-0.3, -0.25) is 4.90 Å². The monoisotopic (exact) mass is 601 g/mol. The molecule has 3 aromatic rings. The lowest BCUT2D eigenvalue weighted by atomic mass is 9.69. The fraction of sp³-hybridized carbons (Fsp3) is 0.559. The maximum atomic E-state index is 13.2. The summed E-state index contributed by atoms with van der Waals surface area (Å²) in [5.74, 6) is 1.09. The highest BCUT2D eigenvalue weighted by atomic mass is 19.4. The number of benzene rings is 2. The first-order chi connectivity index (χ1) is 20.3. The Hall–Kier alpha value is -3.36. The molecule has 3 rings (SSSR count). The van der Waals surface area contributed by atoms with Crippen molar-refractivity contribution in [2.45, 2.75) is 117 Å². The van der Waals surface area contributed by atoms with Gasteiger partial charge in [-0.1, -0.05) is 108 Å². The Morgan fingerprint density at radius 3 is 1.86 bits per heavy atom. The van der Waals surface area contributed by atoms with Gasteiger partial charge in [0.1, 0.15) is 0 Å². The average Bonchev–Trinajstić information content (AvgIpc) is 3.43. The molecule has 2 aromatic carbocycles. The number of nitrogens with zero attached hydrogens (tertiary/aromatic N) is 3. The van der Waals surface area contributed by atoms with Crippen molar-refractivity contribution < 1.29 is 27.6 Å². The molecular formula is C34H46F3N3O3. The number of amides is 1. The summed E-state index contributed by atoms with van der Waals surface area (Å²) in [6, 6.07) is 12.0. The van der Waals surface area contributed by atoms with Crippen LogP contribution in [0.4, 0.5) is 18.0 Å². The molecular weight excluding hydrogens is 555 g/mol. The molecule has 0 bridgehead atoms. The first kappa shape index (κ1) is 34.1. The van der Waals surface area contributed by atoms with Crippen LogP contribution in [0.2, 0.25) is 0 Å². The van der Waals surface area contributed by atoms with Crippen LogP contribution in [-0.4, -0.2) is 26.2 Å². The van der Waals surface area contributed by atoms with E-state index in [1.54, 1.807) is 6.92 Å². The second kappa shape index (κ2) is 14.9. The van der Waals surface area contributed by atoms with E-state index >= 15 is 0 Å². The first-order valence-electron chi connectivity index (χ1n) is 15.4. The zero-order valence-corrected chi connectivity index (χ0v) is 26.1. The Labute approximate surface area is 253 Å². The summed E-state index contributed by atoms with van der Waals surface area (Å²) in [5, 5.41) is 14.4. The zero-order chi connectivity index (χ0) is 31.7. The van der Waals surface area contributed by atoms with Crippen molar-refractivity contribution in [2.75, 3.05) is 0 Å². The van der Waals surface area contributed by atoms with E-state index in [2.05, 4.69) is 17.1 Å². The standard InChI is InChI=1S/C34H46F3N3O3/c1-6-7-8-9-10-11-12-13-14-15-29-38-30(43-39-29)26-18-16-25(17-19-26)24-40(31(41)42)33(5,32(2,3)4)27-20-22-28(23-21-27)34(35,36)37/h16-23H,6-15,24H2,1-5H3,(H,41,42). The number of unbranched alkanes of at least 4 members (excludes halogenated alkanes) is 8. The van der Waals surface area contributed by atoms with E-state index in [1.165, 1.54) is 62.0 Å². The van der Waals surface area contributed by atoms with Crippen LogP contribution in [0.3, 0.4) is 0 Å². The van der Waals surface area contributed by atoms with Gasteiger partial charge in [0.2, 0.25) is 0 Å². The number of hydrogen-bond donors (Lipinski definition) is 1. The number of aromatic nitrogens is 2. The van der Waals surface area contributed by atoms with Crippen molar-refractivity contribution >= 4 is 6.09 Å². The van der Waals surface area contributed by atoms with Crippen LogP contribution >= 0.6 is 0 Å². The lowest BCUT2D eigenvalue weighted by molar-refractivity contribution is -0.137. The summed E-state index contributed by atoms with van der Waals surface area (Å²) in [6.07, 6.45) is 6.33. The summed E-state index contributed by atoms with van der Waals surface area (Å²) in [5.41, 5.74) is -0.599. The molecule has 1 N–H and O–H groups in total. The van der Waals surface area contributed by atoms with Gasteiger partial charge in [-0.2, -0.15) is 18.2 Å². The van der Waals surface area contributed by atoms with Crippen LogP contribution in [0.1, 0.15) is 115 Å². The van der Waals surface area contributed by atoms with Gasteiger partial charge < -0.3 is 9.63 Å². The molecule has 43 heavy (non-hydrogen) atoms. The molecule has 0 spiro atoms. The molecule has 236 valence electrons. The molecule has 1 unspecified atom stereocenters. The van der Waals surface area contributed by atoms with Gasteiger partial charge in [0.05, 0.1) is 11.1 Å². The SMILES string of the molecule is CCCCCCCCCCCc1noc(-c2ccc(CN(C(=O)O)C(C)(c3ccc(C(F)(F)F)cc3)C(C)(C)C)cc2)n1. The number of hydrogen-bond acceptors (Lipinski definition) is 4. The van der Waals surface area contributed by atoms with Gasteiger partial charge in [0.15, 0.2) is 5.82 Å². The molecule has 0 saturated carbocycles. The topological polar surface area (TPSA) is 79.5 Å². The lowest BCUT2D eigenvalue weighted by Gasteiger charge is -2.49. The third kappa shape index (κ3) is 9.07. The van der Waals surface area contributed by atoms with Gasteiger partial charge in [0, 0.05) is 18.5 Å². The maximum Gasteiger partial charge on any atom is 0.416 e. The van der Waals surface area contributed by atoms with E-state index in [9.17, 15) is 23.1 Å². The predicted molar refractivity (Wildman–Crippen MR) is 162 cm³/mol. The molecule has 6 nitrogen and oxygen atoms in total. The molecule has 1 aromatic heterocycles. The number of halogens is 3. The molecule has 1 heterocycles. The van der Waals surface area contributed by atoms with Crippen molar-refractivity contribution in [3.63, 3.8) is 0 Å². The van der Waals surface area contributed by atoms with Crippen molar-refractivity contribution in [2.24, 2.45) is 5.41 Å². The van der Waals surface area contributed by atoms with E-state index < -0.39 is 28.8 Å².